The largest absolute Gasteiger partial charge is 0.467 e. The van der Waals surface area contributed by atoms with E-state index in [1.807, 2.05) is 0 Å². The van der Waals surface area contributed by atoms with Crippen LogP contribution in [-0.4, -0.2) is 40.2 Å². The third-order valence-electron chi connectivity index (χ3n) is 2.67. The predicted molar refractivity (Wildman–Crippen MR) is 70.1 cm³/mol. The average molecular weight is 293 g/mol. The fraction of sp³-hybridized carbons (Fsp3) is 0.417. The standard InChI is InChI=1S/C12H15N5O4/c1-6-9(7(2)21-17-6)10(18)13-5-8-14-11(19-3)16-12(15-8)20-4/h5H2,1-4H3,(H,13,18). The van der Waals surface area contributed by atoms with E-state index < -0.39 is 0 Å². The minimum absolute atomic E-state index is 0.0954. The van der Waals surface area contributed by atoms with Gasteiger partial charge < -0.3 is 19.3 Å². The molecule has 0 radical (unpaired) electrons. The van der Waals surface area contributed by atoms with Gasteiger partial charge >= 0.3 is 12.0 Å². The molecule has 1 N–H and O–H groups in total. The first-order valence-corrected chi connectivity index (χ1v) is 6.09. The van der Waals surface area contributed by atoms with Gasteiger partial charge in [-0.15, -0.1) is 4.98 Å². The van der Waals surface area contributed by atoms with Gasteiger partial charge in [0.25, 0.3) is 5.91 Å². The van der Waals surface area contributed by atoms with Crippen LogP contribution in [0.25, 0.3) is 0 Å². The summed E-state index contributed by atoms with van der Waals surface area (Å²) in [6.07, 6.45) is 0. The van der Waals surface area contributed by atoms with Crippen LogP contribution in [0.2, 0.25) is 0 Å². The van der Waals surface area contributed by atoms with Crippen molar-refractivity contribution in [1.82, 2.24) is 25.4 Å². The Morgan fingerprint density at radius 2 is 1.76 bits per heavy atom. The van der Waals surface area contributed by atoms with Crippen LogP contribution in [0.15, 0.2) is 4.52 Å². The highest BCUT2D eigenvalue weighted by molar-refractivity contribution is 5.95. The highest BCUT2D eigenvalue weighted by Gasteiger charge is 2.17. The zero-order valence-electron chi connectivity index (χ0n) is 12.1. The number of nitrogens with zero attached hydrogens (tertiary/aromatic N) is 4. The molecule has 2 heterocycles. The Labute approximate surface area is 120 Å². The Hall–Kier alpha value is -2.71. The van der Waals surface area contributed by atoms with Crippen molar-refractivity contribution >= 4 is 5.91 Å². The van der Waals surface area contributed by atoms with Crippen molar-refractivity contribution in [2.75, 3.05) is 14.2 Å². The van der Waals surface area contributed by atoms with E-state index in [0.717, 1.165) is 0 Å². The fourth-order valence-electron chi connectivity index (χ4n) is 1.69. The van der Waals surface area contributed by atoms with E-state index in [-0.39, 0.29) is 24.5 Å². The van der Waals surface area contributed by atoms with E-state index in [1.165, 1.54) is 14.2 Å². The molecule has 9 nitrogen and oxygen atoms in total. The van der Waals surface area contributed by atoms with Crippen LogP contribution in [0, 0.1) is 13.8 Å². The number of ether oxygens (including phenoxy) is 2. The van der Waals surface area contributed by atoms with Gasteiger partial charge in [-0.3, -0.25) is 4.79 Å². The number of carbonyl (C=O) groups excluding carboxylic acids is 1. The zero-order valence-corrected chi connectivity index (χ0v) is 12.1. The van der Waals surface area contributed by atoms with Crippen LogP contribution in [0.3, 0.4) is 0 Å². The van der Waals surface area contributed by atoms with Crippen molar-refractivity contribution in [2.45, 2.75) is 20.4 Å². The van der Waals surface area contributed by atoms with Crippen molar-refractivity contribution in [2.24, 2.45) is 0 Å². The molecule has 0 atom stereocenters. The molecular weight excluding hydrogens is 278 g/mol. The summed E-state index contributed by atoms with van der Waals surface area (Å²) in [5, 5.41) is 6.41. The van der Waals surface area contributed by atoms with Crippen molar-refractivity contribution < 1.29 is 18.8 Å². The molecule has 0 saturated heterocycles. The van der Waals surface area contributed by atoms with Crippen molar-refractivity contribution in [1.29, 1.82) is 0 Å². The first-order valence-electron chi connectivity index (χ1n) is 6.09. The van der Waals surface area contributed by atoms with Gasteiger partial charge in [0, 0.05) is 0 Å². The van der Waals surface area contributed by atoms with Gasteiger partial charge in [0.2, 0.25) is 0 Å². The minimum atomic E-state index is -0.315. The molecule has 0 saturated carbocycles. The third-order valence-corrected chi connectivity index (χ3v) is 2.67. The van der Waals surface area contributed by atoms with Crippen molar-refractivity contribution in [3.05, 3.63) is 22.8 Å². The summed E-state index contributed by atoms with van der Waals surface area (Å²) in [5.41, 5.74) is 0.929. The number of carbonyl (C=O) groups is 1. The zero-order chi connectivity index (χ0) is 15.4. The minimum Gasteiger partial charge on any atom is -0.467 e. The molecular formula is C12H15N5O4. The molecule has 0 bridgehead atoms. The molecule has 0 unspecified atom stereocenters. The Morgan fingerprint density at radius 1 is 1.14 bits per heavy atom. The highest BCUT2D eigenvalue weighted by Crippen LogP contribution is 2.12. The Kier molecular flexibility index (Phi) is 4.31. The van der Waals surface area contributed by atoms with Gasteiger partial charge in [-0.2, -0.15) is 9.97 Å². The first-order chi connectivity index (χ1) is 10.0. The SMILES string of the molecule is COc1nc(CNC(=O)c2c(C)noc2C)nc(OC)n1. The molecule has 0 aliphatic heterocycles. The van der Waals surface area contributed by atoms with E-state index in [4.69, 9.17) is 14.0 Å². The maximum absolute atomic E-state index is 12.1. The van der Waals surface area contributed by atoms with E-state index in [0.29, 0.717) is 22.8 Å². The number of hydrogen-bond donors (Lipinski definition) is 1. The second-order valence-electron chi connectivity index (χ2n) is 4.11. The molecule has 2 aromatic rings. The number of methoxy groups -OCH3 is 2. The van der Waals surface area contributed by atoms with Crippen LogP contribution in [0.4, 0.5) is 0 Å². The smallest absolute Gasteiger partial charge is 0.322 e. The second-order valence-corrected chi connectivity index (χ2v) is 4.11. The summed E-state index contributed by atoms with van der Waals surface area (Å²) in [6, 6.07) is 0.229. The lowest BCUT2D eigenvalue weighted by atomic mass is 10.2. The number of aromatic nitrogens is 4. The molecule has 2 aromatic heterocycles. The summed E-state index contributed by atoms with van der Waals surface area (Å²) in [5.74, 6) is 0.458. The van der Waals surface area contributed by atoms with Crippen molar-refractivity contribution in [3.8, 4) is 12.0 Å². The highest BCUT2D eigenvalue weighted by atomic mass is 16.5. The van der Waals surface area contributed by atoms with E-state index in [9.17, 15) is 4.79 Å². The maximum Gasteiger partial charge on any atom is 0.322 e. The van der Waals surface area contributed by atoms with Gasteiger partial charge in [-0.1, -0.05) is 5.16 Å². The number of nitrogens with one attached hydrogen (secondary N) is 1. The molecule has 0 fully saturated rings. The fourth-order valence-corrected chi connectivity index (χ4v) is 1.69. The van der Waals surface area contributed by atoms with Gasteiger partial charge in [0.15, 0.2) is 5.82 Å². The molecule has 2 rings (SSSR count). The van der Waals surface area contributed by atoms with Gasteiger partial charge in [-0.05, 0) is 13.8 Å². The number of hydrogen-bond acceptors (Lipinski definition) is 8. The molecule has 0 spiro atoms. The summed E-state index contributed by atoms with van der Waals surface area (Å²) >= 11 is 0. The lowest BCUT2D eigenvalue weighted by Gasteiger charge is -2.06. The second kappa shape index (κ2) is 6.16. The van der Waals surface area contributed by atoms with Crippen LogP contribution in [-0.2, 0) is 6.54 Å². The maximum atomic E-state index is 12.1. The Bertz CT molecular complexity index is 613. The molecule has 0 aliphatic carbocycles. The summed E-state index contributed by atoms with van der Waals surface area (Å²) in [6.45, 7) is 3.46. The number of aryl methyl sites for hydroxylation is 2. The lowest BCUT2D eigenvalue weighted by molar-refractivity contribution is 0.0947. The van der Waals surface area contributed by atoms with Gasteiger partial charge in [0.1, 0.15) is 11.3 Å². The average Bonchev–Trinajstić information content (AvgIpc) is 2.83. The molecule has 0 aromatic carbocycles. The molecule has 0 aliphatic rings. The topological polar surface area (TPSA) is 112 Å². The summed E-state index contributed by atoms with van der Waals surface area (Å²) in [7, 11) is 2.86. The van der Waals surface area contributed by atoms with Gasteiger partial charge in [0.05, 0.1) is 26.5 Å². The Balaban J connectivity index is 2.11. The summed E-state index contributed by atoms with van der Waals surface area (Å²) < 4.78 is 14.8. The van der Waals surface area contributed by atoms with Crippen LogP contribution in [0.5, 0.6) is 12.0 Å². The van der Waals surface area contributed by atoms with Crippen molar-refractivity contribution in [3.63, 3.8) is 0 Å². The van der Waals surface area contributed by atoms with Crippen LogP contribution >= 0.6 is 0 Å². The van der Waals surface area contributed by atoms with Gasteiger partial charge in [-0.25, -0.2) is 0 Å². The molecule has 112 valence electrons. The quantitative estimate of drug-likeness (QED) is 0.844. The van der Waals surface area contributed by atoms with Crippen LogP contribution in [0.1, 0.15) is 27.6 Å². The first kappa shape index (κ1) is 14.7. The normalized spacial score (nSPS) is 10.3. The lowest BCUT2D eigenvalue weighted by Crippen LogP contribution is -2.25. The molecule has 9 heteroatoms. The monoisotopic (exact) mass is 293 g/mol. The number of amides is 1. The summed E-state index contributed by atoms with van der Waals surface area (Å²) in [4.78, 5) is 24.0. The molecule has 21 heavy (non-hydrogen) atoms. The third kappa shape index (κ3) is 3.25. The Morgan fingerprint density at radius 3 is 2.24 bits per heavy atom. The number of rotatable bonds is 5. The van der Waals surface area contributed by atoms with Crippen LogP contribution < -0.4 is 14.8 Å². The van der Waals surface area contributed by atoms with E-state index in [2.05, 4.69) is 25.4 Å². The van der Waals surface area contributed by atoms with E-state index >= 15 is 0 Å². The van der Waals surface area contributed by atoms with E-state index in [1.54, 1.807) is 13.8 Å². The molecule has 1 amide bonds. The predicted octanol–water partition coefficient (Wildman–Crippen LogP) is 0.424.